The standard InChI is InChI=1S/C16H31N3O2/c1-11-10-18(6)9-8-13(11)19(7)14(20)12(2)17-15(21)16(3,4)5/h11-13H,8-10H2,1-7H3,(H,17,21)/t11-,12-,13+/m0/s1. The first-order valence-electron chi connectivity index (χ1n) is 7.80. The van der Waals surface area contributed by atoms with Gasteiger partial charge in [-0.3, -0.25) is 9.59 Å². The smallest absolute Gasteiger partial charge is 0.244 e. The van der Waals surface area contributed by atoms with Gasteiger partial charge in [0.05, 0.1) is 0 Å². The van der Waals surface area contributed by atoms with Gasteiger partial charge in [-0.15, -0.1) is 0 Å². The van der Waals surface area contributed by atoms with E-state index in [0.29, 0.717) is 5.92 Å². The number of rotatable bonds is 3. The van der Waals surface area contributed by atoms with Crippen LogP contribution in [0, 0.1) is 11.3 Å². The molecule has 0 radical (unpaired) electrons. The zero-order valence-corrected chi connectivity index (χ0v) is 14.6. The van der Waals surface area contributed by atoms with Crippen molar-refractivity contribution >= 4 is 11.8 Å². The maximum absolute atomic E-state index is 12.5. The van der Waals surface area contributed by atoms with Gasteiger partial charge in [0.1, 0.15) is 6.04 Å². The normalized spacial score (nSPS) is 25.3. The van der Waals surface area contributed by atoms with Crippen LogP contribution in [0.4, 0.5) is 0 Å². The third kappa shape index (κ3) is 4.70. The zero-order chi connectivity index (χ0) is 16.4. The molecule has 0 aliphatic carbocycles. The van der Waals surface area contributed by atoms with E-state index in [1.54, 1.807) is 6.92 Å². The lowest BCUT2D eigenvalue weighted by molar-refractivity contribution is -0.140. The lowest BCUT2D eigenvalue weighted by Crippen LogP contribution is -2.55. The van der Waals surface area contributed by atoms with Crippen LogP contribution in [0.3, 0.4) is 0 Å². The molecule has 0 spiro atoms. The molecule has 5 heteroatoms. The summed E-state index contributed by atoms with van der Waals surface area (Å²) >= 11 is 0. The quantitative estimate of drug-likeness (QED) is 0.855. The number of nitrogens with zero attached hydrogens (tertiary/aromatic N) is 2. The minimum absolute atomic E-state index is 0.00555. The van der Waals surface area contributed by atoms with Crippen molar-refractivity contribution in [3.05, 3.63) is 0 Å². The average Bonchev–Trinajstić information content (AvgIpc) is 2.35. The number of hydrogen-bond donors (Lipinski definition) is 1. The Bertz CT molecular complexity index is 389. The van der Waals surface area contributed by atoms with Crippen molar-refractivity contribution < 1.29 is 9.59 Å². The number of piperidine rings is 1. The number of nitrogens with one attached hydrogen (secondary N) is 1. The van der Waals surface area contributed by atoms with E-state index in [-0.39, 0.29) is 17.9 Å². The Morgan fingerprint density at radius 3 is 2.38 bits per heavy atom. The lowest BCUT2D eigenvalue weighted by Gasteiger charge is -2.40. The Kier molecular flexibility index (Phi) is 5.79. The first kappa shape index (κ1) is 18.0. The summed E-state index contributed by atoms with van der Waals surface area (Å²) in [6, 6.07) is -0.226. The third-order valence-corrected chi connectivity index (χ3v) is 4.31. The molecular formula is C16H31N3O2. The van der Waals surface area contributed by atoms with E-state index in [4.69, 9.17) is 0 Å². The number of hydrogen-bond acceptors (Lipinski definition) is 3. The van der Waals surface area contributed by atoms with Crippen molar-refractivity contribution in [1.29, 1.82) is 0 Å². The monoisotopic (exact) mass is 297 g/mol. The Balaban J connectivity index is 2.63. The summed E-state index contributed by atoms with van der Waals surface area (Å²) in [6.45, 7) is 11.5. The predicted octanol–water partition coefficient (Wildman–Crippen LogP) is 1.34. The molecule has 2 amide bonds. The van der Waals surface area contributed by atoms with Gasteiger partial charge >= 0.3 is 0 Å². The summed E-state index contributed by atoms with van der Waals surface area (Å²) in [4.78, 5) is 28.6. The molecule has 1 heterocycles. The fraction of sp³-hybridized carbons (Fsp3) is 0.875. The molecule has 0 saturated carbocycles. The molecule has 0 bridgehead atoms. The Hall–Kier alpha value is -1.10. The van der Waals surface area contributed by atoms with Crippen molar-refractivity contribution in [2.45, 2.75) is 53.1 Å². The van der Waals surface area contributed by atoms with E-state index >= 15 is 0 Å². The van der Waals surface area contributed by atoms with Crippen molar-refractivity contribution in [1.82, 2.24) is 15.1 Å². The lowest BCUT2D eigenvalue weighted by atomic mass is 9.92. The molecule has 3 atom stereocenters. The number of carbonyl (C=O) groups is 2. The Labute approximate surface area is 129 Å². The second-order valence-electron chi connectivity index (χ2n) is 7.49. The highest BCUT2D eigenvalue weighted by molar-refractivity contribution is 5.89. The first-order chi connectivity index (χ1) is 9.54. The van der Waals surface area contributed by atoms with Crippen LogP contribution in [0.15, 0.2) is 0 Å². The van der Waals surface area contributed by atoms with Crippen molar-refractivity contribution in [3.8, 4) is 0 Å². The zero-order valence-electron chi connectivity index (χ0n) is 14.6. The predicted molar refractivity (Wildman–Crippen MR) is 84.9 cm³/mol. The van der Waals surface area contributed by atoms with Gasteiger partial charge < -0.3 is 15.1 Å². The van der Waals surface area contributed by atoms with Gasteiger partial charge in [0, 0.05) is 25.0 Å². The van der Waals surface area contributed by atoms with Gasteiger partial charge in [-0.1, -0.05) is 27.7 Å². The molecule has 1 aliphatic heterocycles. The van der Waals surface area contributed by atoms with Gasteiger partial charge in [-0.05, 0) is 32.9 Å². The molecule has 1 fully saturated rings. The summed E-state index contributed by atoms with van der Waals surface area (Å²) in [5.74, 6) is 0.352. The molecule has 0 unspecified atom stereocenters. The van der Waals surface area contributed by atoms with Crippen LogP contribution in [-0.4, -0.2) is 60.9 Å². The van der Waals surface area contributed by atoms with Crippen molar-refractivity contribution in [2.24, 2.45) is 11.3 Å². The molecule has 1 rings (SSSR count). The topological polar surface area (TPSA) is 52.7 Å². The van der Waals surface area contributed by atoms with Crippen LogP contribution >= 0.6 is 0 Å². The van der Waals surface area contributed by atoms with E-state index in [0.717, 1.165) is 19.5 Å². The van der Waals surface area contributed by atoms with E-state index < -0.39 is 11.5 Å². The number of likely N-dealkylation sites (tertiary alicyclic amines) is 1. The van der Waals surface area contributed by atoms with Gasteiger partial charge in [0.15, 0.2) is 0 Å². The average molecular weight is 297 g/mol. The van der Waals surface area contributed by atoms with Gasteiger partial charge in [-0.2, -0.15) is 0 Å². The van der Waals surface area contributed by atoms with Crippen LogP contribution in [0.1, 0.15) is 41.0 Å². The Morgan fingerprint density at radius 1 is 1.33 bits per heavy atom. The minimum Gasteiger partial charge on any atom is -0.344 e. The van der Waals surface area contributed by atoms with Gasteiger partial charge in [0.25, 0.3) is 0 Å². The second kappa shape index (κ2) is 6.77. The van der Waals surface area contributed by atoms with E-state index in [1.165, 1.54) is 0 Å². The SMILES string of the molecule is C[C@H](NC(=O)C(C)(C)C)C(=O)N(C)[C@@H]1CCN(C)C[C@@H]1C. The molecule has 1 N–H and O–H groups in total. The van der Waals surface area contributed by atoms with Crippen LogP contribution in [0.2, 0.25) is 0 Å². The maximum Gasteiger partial charge on any atom is 0.244 e. The fourth-order valence-electron chi connectivity index (χ4n) is 2.86. The van der Waals surface area contributed by atoms with E-state index in [2.05, 4.69) is 24.2 Å². The van der Waals surface area contributed by atoms with Crippen LogP contribution in [-0.2, 0) is 9.59 Å². The van der Waals surface area contributed by atoms with Gasteiger partial charge in [0.2, 0.25) is 11.8 Å². The largest absolute Gasteiger partial charge is 0.344 e. The molecule has 1 saturated heterocycles. The van der Waals surface area contributed by atoms with E-state index in [9.17, 15) is 9.59 Å². The molecule has 122 valence electrons. The summed E-state index contributed by atoms with van der Waals surface area (Å²) in [5.41, 5.74) is -0.478. The Morgan fingerprint density at radius 2 is 1.90 bits per heavy atom. The summed E-state index contributed by atoms with van der Waals surface area (Å²) in [5, 5.41) is 2.82. The van der Waals surface area contributed by atoms with Crippen LogP contribution < -0.4 is 5.32 Å². The summed E-state index contributed by atoms with van der Waals surface area (Å²) < 4.78 is 0. The summed E-state index contributed by atoms with van der Waals surface area (Å²) in [7, 11) is 3.97. The molecule has 5 nitrogen and oxygen atoms in total. The molecule has 21 heavy (non-hydrogen) atoms. The molecule has 0 aromatic heterocycles. The van der Waals surface area contributed by atoms with Crippen molar-refractivity contribution in [3.63, 3.8) is 0 Å². The summed E-state index contributed by atoms with van der Waals surface area (Å²) in [6.07, 6.45) is 0.986. The van der Waals surface area contributed by atoms with E-state index in [1.807, 2.05) is 32.7 Å². The molecular weight excluding hydrogens is 266 g/mol. The fourth-order valence-corrected chi connectivity index (χ4v) is 2.86. The first-order valence-corrected chi connectivity index (χ1v) is 7.80. The highest BCUT2D eigenvalue weighted by Crippen LogP contribution is 2.21. The highest BCUT2D eigenvalue weighted by Gasteiger charge is 2.33. The minimum atomic E-state index is -0.478. The highest BCUT2D eigenvalue weighted by atomic mass is 16.2. The number of carbonyl (C=O) groups excluding carboxylic acids is 2. The maximum atomic E-state index is 12.5. The van der Waals surface area contributed by atoms with Crippen LogP contribution in [0.25, 0.3) is 0 Å². The van der Waals surface area contributed by atoms with Crippen molar-refractivity contribution in [2.75, 3.05) is 27.2 Å². The number of amides is 2. The van der Waals surface area contributed by atoms with Gasteiger partial charge in [-0.25, -0.2) is 0 Å². The molecule has 0 aromatic rings. The molecule has 0 aromatic carbocycles. The van der Waals surface area contributed by atoms with Crippen LogP contribution in [0.5, 0.6) is 0 Å². The molecule has 1 aliphatic rings. The third-order valence-electron chi connectivity index (χ3n) is 4.31. The number of likely N-dealkylation sites (N-methyl/N-ethyl adjacent to an activating group) is 1. The second-order valence-corrected chi connectivity index (χ2v) is 7.49.